The van der Waals surface area contributed by atoms with Crippen molar-refractivity contribution in [1.29, 1.82) is 0 Å². The Hall–Kier alpha value is -2.81. The van der Waals surface area contributed by atoms with Crippen LogP contribution in [0.1, 0.15) is 28.8 Å². The number of nitrogens with two attached hydrogens (primary N) is 1. The van der Waals surface area contributed by atoms with Crippen LogP contribution in [0, 0.1) is 0 Å². The third-order valence-electron chi connectivity index (χ3n) is 5.81. The number of carbonyl (C=O) groups is 4. The van der Waals surface area contributed by atoms with E-state index in [0.717, 1.165) is 0 Å². The fraction of sp³-hybridized carbons (Fsp3) is 0.600. The number of hydrogen-bond acceptors (Lipinski definition) is 10. The lowest BCUT2D eigenvalue weighted by Crippen LogP contribution is -2.52. The van der Waals surface area contributed by atoms with Gasteiger partial charge in [-0.25, -0.2) is 0 Å². The molecule has 0 aliphatic carbocycles. The zero-order valence-corrected chi connectivity index (χ0v) is 22.6. The fourth-order valence-corrected chi connectivity index (χ4v) is 3.95. The van der Waals surface area contributed by atoms with Gasteiger partial charge in [-0.1, -0.05) is 0 Å². The van der Waals surface area contributed by atoms with Gasteiger partial charge in [0.2, 0.25) is 11.8 Å². The first kappa shape index (κ1) is 32.4. The minimum atomic E-state index is -0.678. The highest BCUT2D eigenvalue weighted by Gasteiger charge is 2.39. The van der Waals surface area contributed by atoms with Crippen LogP contribution < -0.4 is 21.1 Å². The van der Waals surface area contributed by atoms with E-state index >= 15 is 0 Å². The second kappa shape index (κ2) is 17.7. The van der Waals surface area contributed by atoms with Crippen LogP contribution in [-0.2, 0) is 39.9 Å². The monoisotopic (exact) mass is 572 g/mol. The lowest BCUT2D eigenvalue weighted by atomic mass is 10.0. The van der Waals surface area contributed by atoms with E-state index in [1.807, 2.05) is 0 Å². The molecule has 0 aromatic heterocycles. The predicted octanol–water partition coefficient (Wildman–Crippen LogP) is -0.610. The highest BCUT2D eigenvalue weighted by molar-refractivity contribution is 6.05. The van der Waals surface area contributed by atoms with Crippen LogP contribution in [-0.4, -0.2) is 107 Å². The summed E-state index contributed by atoms with van der Waals surface area (Å²) in [5.41, 5.74) is 6.50. The van der Waals surface area contributed by atoms with E-state index in [-0.39, 0.29) is 49.7 Å². The number of halogens is 1. The molecule has 1 atom stereocenters. The third-order valence-corrected chi connectivity index (χ3v) is 5.81. The highest BCUT2D eigenvalue weighted by Crippen LogP contribution is 2.30. The van der Waals surface area contributed by atoms with E-state index < -0.39 is 11.9 Å². The van der Waals surface area contributed by atoms with Gasteiger partial charge in [-0.15, -0.1) is 12.4 Å². The summed E-state index contributed by atoms with van der Waals surface area (Å²) < 4.78 is 26.9. The van der Waals surface area contributed by atoms with Crippen molar-refractivity contribution >= 4 is 36.0 Å². The Kier molecular flexibility index (Phi) is 14.7. The summed E-state index contributed by atoms with van der Waals surface area (Å²) in [6.07, 6.45) is 0.493. The number of nitrogens with one attached hydrogen (secondary N) is 2. The van der Waals surface area contributed by atoms with E-state index in [0.29, 0.717) is 89.2 Å². The van der Waals surface area contributed by atoms with E-state index in [1.54, 1.807) is 18.2 Å². The Balaban J connectivity index is 0.00000533. The maximum absolute atomic E-state index is 12.7. The predicted molar refractivity (Wildman–Crippen MR) is 141 cm³/mol. The topological polar surface area (TPSA) is 168 Å². The van der Waals surface area contributed by atoms with Crippen molar-refractivity contribution in [3.63, 3.8) is 0 Å². The summed E-state index contributed by atoms with van der Waals surface area (Å²) >= 11 is 0. The van der Waals surface area contributed by atoms with Gasteiger partial charge >= 0.3 is 0 Å². The molecule has 1 saturated heterocycles. The van der Waals surface area contributed by atoms with E-state index in [9.17, 15) is 19.2 Å². The van der Waals surface area contributed by atoms with Crippen LogP contribution >= 0.6 is 12.4 Å². The zero-order valence-electron chi connectivity index (χ0n) is 21.8. The molecule has 1 unspecified atom stereocenters. The second-order valence-corrected chi connectivity index (χ2v) is 8.60. The maximum atomic E-state index is 12.7. The second-order valence-electron chi connectivity index (χ2n) is 8.60. The number of carbonyl (C=O) groups excluding carboxylic acids is 4. The molecule has 39 heavy (non-hydrogen) atoms. The van der Waals surface area contributed by atoms with Crippen molar-refractivity contribution < 1.29 is 42.9 Å². The summed E-state index contributed by atoms with van der Waals surface area (Å²) in [5.74, 6) is -0.917. The van der Waals surface area contributed by atoms with Crippen LogP contribution in [0.15, 0.2) is 18.2 Å². The number of ether oxygens (including phenoxy) is 5. The quantitative estimate of drug-likeness (QED) is 0.152. The molecule has 0 bridgehead atoms. The van der Waals surface area contributed by atoms with Crippen molar-refractivity contribution in [2.45, 2.75) is 25.4 Å². The Labute approximate surface area is 233 Å². The molecule has 0 saturated carbocycles. The minimum Gasteiger partial charge on any atom is -0.484 e. The SMILES string of the molecule is Cl.NCCOCCOCCOCCOCCNC(=O)COc1ccc2c(c1)CN(C1CCC(=O)NC1=O)C2=O. The molecule has 4 N–H and O–H groups in total. The van der Waals surface area contributed by atoms with Crippen molar-refractivity contribution in [3.8, 4) is 5.75 Å². The van der Waals surface area contributed by atoms with E-state index in [4.69, 9.17) is 29.4 Å². The average molecular weight is 573 g/mol. The fourth-order valence-electron chi connectivity index (χ4n) is 3.95. The molecule has 0 radical (unpaired) electrons. The molecule has 2 aliphatic rings. The Morgan fingerprint density at radius 3 is 2.26 bits per heavy atom. The van der Waals surface area contributed by atoms with Crippen LogP contribution in [0.3, 0.4) is 0 Å². The Morgan fingerprint density at radius 1 is 0.974 bits per heavy atom. The first-order chi connectivity index (χ1) is 18.5. The molecular formula is C25H37ClN4O9. The lowest BCUT2D eigenvalue weighted by Gasteiger charge is -2.29. The minimum absolute atomic E-state index is 0. The molecule has 1 fully saturated rings. The largest absolute Gasteiger partial charge is 0.484 e. The molecule has 1 aromatic rings. The van der Waals surface area contributed by atoms with Gasteiger partial charge in [0.1, 0.15) is 11.8 Å². The molecule has 2 heterocycles. The average Bonchev–Trinajstić information content (AvgIpc) is 3.23. The van der Waals surface area contributed by atoms with Gasteiger partial charge in [0.25, 0.3) is 11.8 Å². The van der Waals surface area contributed by atoms with Gasteiger partial charge in [-0.2, -0.15) is 0 Å². The van der Waals surface area contributed by atoms with Crippen LogP contribution in [0.25, 0.3) is 0 Å². The van der Waals surface area contributed by atoms with Crippen molar-refractivity contribution in [1.82, 2.24) is 15.5 Å². The number of imide groups is 1. The molecule has 0 spiro atoms. The summed E-state index contributed by atoms with van der Waals surface area (Å²) in [6, 6.07) is 4.25. The number of rotatable bonds is 18. The number of amides is 4. The Bertz CT molecular complexity index is 965. The summed E-state index contributed by atoms with van der Waals surface area (Å²) in [6.45, 7) is 4.49. The zero-order chi connectivity index (χ0) is 27.2. The van der Waals surface area contributed by atoms with E-state index in [2.05, 4.69) is 10.6 Å². The third kappa shape index (κ3) is 10.7. The first-order valence-corrected chi connectivity index (χ1v) is 12.7. The van der Waals surface area contributed by atoms with Gasteiger partial charge in [0, 0.05) is 31.6 Å². The maximum Gasteiger partial charge on any atom is 0.258 e. The number of hydrogen-bond donors (Lipinski definition) is 3. The van der Waals surface area contributed by atoms with Crippen molar-refractivity contribution in [3.05, 3.63) is 29.3 Å². The van der Waals surface area contributed by atoms with Gasteiger partial charge in [-0.3, -0.25) is 24.5 Å². The van der Waals surface area contributed by atoms with Crippen LogP contribution in [0.4, 0.5) is 0 Å². The Morgan fingerprint density at radius 2 is 1.62 bits per heavy atom. The molecule has 1 aromatic carbocycles. The van der Waals surface area contributed by atoms with Crippen LogP contribution in [0.5, 0.6) is 5.75 Å². The molecule has 4 amide bonds. The molecular weight excluding hydrogens is 536 g/mol. The van der Waals surface area contributed by atoms with Crippen molar-refractivity contribution in [2.24, 2.45) is 5.73 Å². The van der Waals surface area contributed by atoms with E-state index in [1.165, 1.54) is 4.90 Å². The van der Waals surface area contributed by atoms with Gasteiger partial charge in [0.15, 0.2) is 6.61 Å². The lowest BCUT2D eigenvalue weighted by molar-refractivity contribution is -0.137. The number of fused-ring (bicyclic) bond motifs is 1. The van der Waals surface area contributed by atoms with Crippen molar-refractivity contribution in [2.75, 3.05) is 72.6 Å². The summed E-state index contributed by atoms with van der Waals surface area (Å²) in [5, 5.41) is 4.98. The van der Waals surface area contributed by atoms with Crippen LogP contribution in [0.2, 0.25) is 0 Å². The normalized spacial score (nSPS) is 16.5. The standard InChI is InChI=1S/C25H36N4O9.ClH/c26-5-7-34-9-11-36-13-14-37-12-10-35-8-6-27-23(31)17-38-19-1-2-20-18(15-19)16-29(25(20)33)21-3-4-22(30)28-24(21)32;/h1-2,15,21H,3-14,16-17,26H2,(H,27,31)(H,28,30,32);1H. The molecule has 3 rings (SSSR count). The molecule has 13 nitrogen and oxygen atoms in total. The van der Waals surface area contributed by atoms with Gasteiger partial charge in [-0.05, 0) is 30.2 Å². The molecule has 2 aliphatic heterocycles. The molecule has 218 valence electrons. The summed E-state index contributed by atoms with van der Waals surface area (Å²) in [7, 11) is 0. The molecule has 14 heteroatoms. The smallest absolute Gasteiger partial charge is 0.258 e. The summed E-state index contributed by atoms with van der Waals surface area (Å²) in [4.78, 5) is 49.8. The number of benzene rings is 1. The first-order valence-electron chi connectivity index (χ1n) is 12.7. The van der Waals surface area contributed by atoms with Gasteiger partial charge in [0.05, 0.1) is 52.9 Å². The van der Waals surface area contributed by atoms with Gasteiger partial charge < -0.3 is 39.6 Å². The number of piperidine rings is 1. The highest BCUT2D eigenvalue weighted by atomic mass is 35.5. The number of nitrogens with zero attached hydrogens (tertiary/aromatic N) is 1.